The zero-order valence-corrected chi connectivity index (χ0v) is 12.7. The van der Waals surface area contributed by atoms with Crippen LogP contribution >= 0.6 is 0 Å². The molecular formula is C16H27NO2. The molecule has 0 radical (unpaired) electrons. The van der Waals surface area contributed by atoms with E-state index in [0.29, 0.717) is 13.2 Å². The van der Waals surface area contributed by atoms with Crippen molar-refractivity contribution in [2.45, 2.75) is 39.7 Å². The second-order valence-electron chi connectivity index (χ2n) is 5.64. The van der Waals surface area contributed by atoms with Crippen molar-refractivity contribution in [1.82, 2.24) is 5.32 Å². The summed E-state index contributed by atoms with van der Waals surface area (Å²) < 4.78 is 11.2. The number of hydrogen-bond acceptors (Lipinski definition) is 3. The highest BCUT2D eigenvalue weighted by Gasteiger charge is 2.06. The van der Waals surface area contributed by atoms with Gasteiger partial charge in [-0.2, -0.15) is 0 Å². The molecule has 0 atom stereocenters. The van der Waals surface area contributed by atoms with E-state index in [2.05, 4.69) is 45.1 Å². The van der Waals surface area contributed by atoms with Crippen LogP contribution < -0.4 is 10.1 Å². The Morgan fingerprint density at radius 1 is 1.11 bits per heavy atom. The third-order valence-corrected chi connectivity index (χ3v) is 2.70. The molecule has 0 spiro atoms. The normalized spacial score (nSPS) is 11.6. The average Bonchev–Trinajstić information content (AvgIpc) is 2.36. The minimum absolute atomic E-state index is 0.153. The molecule has 1 aromatic rings. The molecule has 0 aliphatic rings. The highest BCUT2D eigenvalue weighted by Crippen LogP contribution is 2.13. The summed E-state index contributed by atoms with van der Waals surface area (Å²) in [7, 11) is 0. The highest BCUT2D eigenvalue weighted by molar-refractivity contribution is 5.28. The van der Waals surface area contributed by atoms with Crippen molar-refractivity contribution in [1.29, 1.82) is 0 Å². The van der Waals surface area contributed by atoms with Gasteiger partial charge in [0.05, 0.1) is 13.2 Å². The number of benzene rings is 1. The summed E-state index contributed by atoms with van der Waals surface area (Å²) in [5.74, 6) is 0.927. The van der Waals surface area contributed by atoms with Gasteiger partial charge in [0, 0.05) is 12.1 Å². The van der Waals surface area contributed by atoms with Crippen LogP contribution in [-0.4, -0.2) is 31.9 Å². The molecule has 3 nitrogen and oxygen atoms in total. The summed E-state index contributed by atoms with van der Waals surface area (Å²) in [6, 6.07) is 8.21. The Bertz CT molecular complexity index is 358. The van der Waals surface area contributed by atoms with Gasteiger partial charge < -0.3 is 14.8 Å². The van der Waals surface area contributed by atoms with Crippen molar-refractivity contribution >= 4 is 0 Å². The first-order valence-electron chi connectivity index (χ1n) is 7.06. The number of ether oxygens (including phenoxy) is 2. The van der Waals surface area contributed by atoms with Crippen LogP contribution in [0.4, 0.5) is 0 Å². The molecule has 0 aliphatic carbocycles. The summed E-state index contributed by atoms with van der Waals surface area (Å²) in [6.07, 6.45) is 1.03. The van der Waals surface area contributed by atoms with Gasteiger partial charge in [-0.1, -0.05) is 19.1 Å². The van der Waals surface area contributed by atoms with Crippen molar-refractivity contribution in [3.05, 3.63) is 29.8 Å². The van der Waals surface area contributed by atoms with Crippen LogP contribution in [-0.2, 0) is 11.2 Å². The van der Waals surface area contributed by atoms with E-state index in [-0.39, 0.29) is 5.54 Å². The molecule has 19 heavy (non-hydrogen) atoms. The summed E-state index contributed by atoms with van der Waals surface area (Å²) in [4.78, 5) is 0. The summed E-state index contributed by atoms with van der Waals surface area (Å²) in [6.45, 7) is 11.4. The monoisotopic (exact) mass is 265 g/mol. The topological polar surface area (TPSA) is 30.5 Å². The first-order chi connectivity index (χ1) is 9.01. The molecule has 0 aromatic heterocycles. The maximum atomic E-state index is 5.65. The molecule has 0 fully saturated rings. The van der Waals surface area contributed by atoms with E-state index in [0.717, 1.165) is 25.3 Å². The van der Waals surface area contributed by atoms with E-state index in [1.807, 2.05) is 12.1 Å². The SMILES string of the molecule is CCc1cccc(OCCOCCNC(C)(C)C)c1. The van der Waals surface area contributed by atoms with Gasteiger partial charge in [-0.25, -0.2) is 0 Å². The zero-order chi connectivity index (χ0) is 14.1. The average molecular weight is 265 g/mol. The standard InChI is InChI=1S/C16H27NO2/c1-5-14-7-6-8-15(13-14)19-12-11-18-10-9-17-16(2,3)4/h6-8,13,17H,5,9-12H2,1-4H3. The van der Waals surface area contributed by atoms with Gasteiger partial charge in [0.15, 0.2) is 0 Å². The Kier molecular flexibility index (Phi) is 6.89. The molecular weight excluding hydrogens is 238 g/mol. The van der Waals surface area contributed by atoms with Crippen LogP contribution in [0.2, 0.25) is 0 Å². The molecule has 0 heterocycles. The molecule has 0 saturated heterocycles. The summed E-state index contributed by atoms with van der Waals surface area (Å²) in [5.41, 5.74) is 1.45. The fourth-order valence-electron chi connectivity index (χ4n) is 1.67. The minimum Gasteiger partial charge on any atom is -0.491 e. The molecule has 0 amide bonds. The van der Waals surface area contributed by atoms with E-state index in [4.69, 9.17) is 9.47 Å². The van der Waals surface area contributed by atoms with Crippen molar-refractivity contribution in [3.8, 4) is 5.75 Å². The van der Waals surface area contributed by atoms with E-state index in [1.54, 1.807) is 0 Å². The lowest BCUT2D eigenvalue weighted by molar-refractivity contribution is 0.0985. The van der Waals surface area contributed by atoms with Crippen LogP contribution in [0.3, 0.4) is 0 Å². The quantitative estimate of drug-likeness (QED) is 0.733. The van der Waals surface area contributed by atoms with E-state index >= 15 is 0 Å². The Morgan fingerprint density at radius 3 is 2.58 bits per heavy atom. The molecule has 1 N–H and O–H groups in total. The van der Waals surface area contributed by atoms with E-state index in [1.165, 1.54) is 5.56 Å². The van der Waals surface area contributed by atoms with Crippen LogP contribution in [0.5, 0.6) is 5.75 Å². The fourth-order valence-corrected chi connectivity index (χ4v) is 1.67. The molecule has 0 unspecified atom stereocenters. The van der Waals surface area contributed by atoms with Gasteiger partial charge in [0.25, 0.3) is 0 Å². The smallest absolute Gasteiger partial charge is 0.119 e. The van der Waals surface area contributed by atoms with Gasteiger partial charge >= 0.3 is 0 Å². The van der Waals surface area contributed by atoms with Gasteiger partial charge in [0.1, 0.15) is 12.4 Å². The maximum Gasteiger partial charge on any atom is 0.119 e. The van der Waals surface area contributed by atoms with E-state index in [9.17, 15) is 0 Å². The van der Waals surface area contributed by atoms with Gasteiger partial charge in [0.2, 0.25) is 0 Å². The third kappa shape index (κ3) is 7.85. The maximum absolute atomic E-state index is 5.65. The van der Waals surface area contributed by atoms with Crippen molar-refractivity contribution in [2.24, 2.45) is 0 Å². The summed E-state index contributed by atoms with van der Waals surface area (Å²) in [5, 5.41) is 3.38. The lowest BCUT2D eigenvalue weighted by Crippen LogP contribution is -2.38. The Hall–Kier alpha value is -1.06. The third-order valence-electron chi connectivity index (χ3n) is 2.70. The zero-order valence-electron chi connectivity index (χ0n) is 12.7. The first kappa shape index (κ1) is 16.0. The molecule has 108 valence electrons. The molecule has 1 rings (SSSR count). The van der Waals surface area contributed by atoms with Crippen molar-refractivity contribution in [3.63, 3.8) is 0 Å². The minimum atomic E-state index is 0.153. The Labute approximate surface area is 117 Å². The van der Waals surface area contributed by atoms with Gasteiger partial charge in [-0.05, 0) is 44.9 Å². The molecule has 0 aliphatic heterocycles. The molecule has 0 saturated carbocycles. The molecule has 0 bridgehead atoms. The highest BCUT2D eigenvalue weighted by atomic mass is 16.5. The number of nitrogens with one attached hydrogen (secondary N) is 1. The summed E-state index contributed by atoms with van der Waals surface area (Å²) >= 11 is 0. The van der Waals surface area contributed by atoms with Crippen molar-refractivity contribution in [2.75, 3.05) is 26.4 Å². The lowest BCUT2D eigenvalue weighted by atomic mass is 10.1. The second-order valence-corrected chi connectivity index (χ2v) is 5.64. The lowest BCUT2D eigenvalue weighted by Gasteiger charge is -2.20. The van der Waals surface area contributed by atoms with Crippen LogP contribution in [0.15, 0.2) is 24.3 Å². The fraction of sp³-hybridized carbons (Fsp3) is 0.625. The number of rotatable bonds is 8. The van der Waals surface area contributed by atoms with Crippen LogP contribution in [0, 0.1) is 0 Å². The first-order valence-corrected chi connectivity index (χ1v) is 7.06. The molecule has 3 heteroatoms. The van der Waals surface area contributed by atoms with Gasteiger partial charge in [-0.15, -0.1) is 0 Å². The van der Waals surface area contributed by atoms with Crippen LogP contribution in [0.25, 0.3) is 0 Å². The Balaban J connectivity index is 2.07. The van der Waals surface area contributed by atoms with Crippen molar-refractivity contribution < 1.29 is 9.47 Å². The van der Waals surface area contributed by atoms with Gasteiger partial charge in [-0.3, -0.25) is 0 Å². The molecule has 1 aromatic carbocycles. The second kappa shape index (κ2) is 8.18. The number of hydrogen-bond donors (Lipinski definition) is 1. The predicted octanol–water partition coefficient (Wildman–Crippen LogP) is 3.03. The van der Waals surface area contributed by atoms with Crippen LogP contribution in [0.1, 0.15) is 33.3 Å². The Morgan fingerprint density at radius 2 is 1.89 bits per heavy atom. The predicted molar refractivity (Wildman–Crippen MR) is 79.9 cm³/mol. The largest absolute Gasteiger partial charge is 0.491 e. The number of aryl methyl sites for hydroxylation is 1. The van der Waals surface area contributed by atoms with E-state index < -0.39 is 0 Å².